The van der Waals surface area contributed by atoms with Gasteiger partial charge in [0.2, 0.25) is 0 Å². The first kappa shape index (κ1) is 20.7. The summed E-state index contributed by atoms with van der Waals surface area (Å²) in [6, 6.07) is 19.3. The van der Waals surface area contributed by atoms with E-state index in [1.807, 2.05) is 30.3 Å². The quantitative estimate of drug-likeness (QED) is 0.500. The number of carbonyl (C=O) groups is 1. The van der Waals surface area contributed by atoms with Gasteiger partial charge in [-0.2, -0.15) is 8.78 Å². The van der Waals surface area contributed by atoms with E-state index in [2.05, 4.69) is 0 Å². The molecule has 160 valence electrons. The Hall–Kier alpha value is -3.61. The van der Waals surface area contributed by atoms with E-state index >= 15 is 0 Å². The highest BCUT2D eigenvalue weighted by molar-refractivity contribution is 6.07. The van der Waals surface area contributed by atoms with Gasteiger partial charge in [-0.3, -0.25) is 9.69 Å². The number of benzene rings is 3. The van der Waals surface area contributed by atoms with Crippen LogP contribution < -0.4 is 19.1 Å². The number of halogens is 2. The smallest absolute Gasteiger partial charge is 0.349 e. The van der Waals surface area contributed by atoms with E-state index in [0.29, 0.717) is 29.5 Å². The number of alkyl halides is 2. The van der Waals surface area contributed by atoms with Gasteiger partial charge in [0.15, 0.2) is 11.5 Å². The monoisotopic (exact) mass is 425 g/mol. The minimum Gasteiger partial charge on any atom is -0.493 e. The van der Waals surface area contributed by atoms with Crippen molar-refractivity contribution in [3.8, 4) is 17.2 Å². The van der Waals surface area contributed by atoms with E-state index in [9.17, 15) is 13.6 Å². The molecule has 5 nitrogen and oxygen atoms in total. The van der Waals surface area contributed by atoms with E-state index < -0.39 is 17.9 Å². The highest BCUT2D eigenvalue weighted by Crippen LogP contribution is 2.50. The molecule has 1 aliphatic rings. The van der Waals surface area contributed by atoms with Crippen molar-refractivity contribution in [2.75, 3.05) is 19.1 Å². The molecule has 0 N–H and O–H groups in total. The molecule has 1 saturated heterocycles. The van der Waals surface area contributed by atoms with Crippen LogP contribution in [0.15, 0.2) is 72.8 Å². The van der Waals surface area contributed by atoms with E-state index in [1.54, 1.807) is 30.3 Å². The van der Waals surface area contributed by atoms with Gasteiger partial charge in [-0.05, 0) is 47.5 Å². The molecule has 3 aromatic rings. The molecule has 0 unspecified atom stereocenters. The van der Waals surface area contributed by atoms with Crippen molar-refractivity contribution in [1.82, 2.24) is 0 Å². The highest BCUT2D eigenvalue weighted by atomic mass is 19.3. The van der Waals surface area contributed by atoms with Crippen LogP contribution in [0.25, 0.3) is 0 Å². The summed E-state index contributed by atoms with van der Waals surface area (Å²) in [5.74, 6) is -3.44. The molecule has 0 aliphatic carbocycles. The Morgan fingerprint density at radius 1 is 0.903 bits per heavy atom. The van der Waals surface area contributed by atoms with Gasteiger partial charge < -0.3 is 14.2 Å². The van der Waals surface area contributed by atoms with Gasteiger partial charge in [0.05, 0.1) is 14.2 Å². The number of anilines is 1. The number of β-lactam (4-membered cyclic amide) rings is 1. The number of hydrogen-bond donors (Lipinski definition) is 0. The van der Waals surface area contributed by atoms with Gasteiger partial charge >= 0.3 is 11.8 Å². The molecular formula is C24H21F2NO4. The first-order valence-corrected chi connectivity index (χ1v) is 9.66. The van der Waals surface area contributed by atoms with E-state index in [0.717, 1.165) is 10.5 Å². The van der Waals surface area contributed by atoms with Gasteiger partial charge in [0.25, 0.3) is 0 Å². The second-order valence-electron chi connectivity index (χ2n) is 7.08. The molecule has 1 aliphatic heterocycles. The summed E-state index contributed by atoms with van der Waals surface area (Å²) in [4.78, 5) is 13.3. The van der Waals surface area contributed by atoms with E-state index in [-0.39, 0.29) is 5.56 Å². The zero-order valence-electron chi connectivity index (χ0n) is 17.0. The standard InChI is InChI=1S/C24H21F2NO4/c1-29-20-13-8-17(14-21(20)30-2)22-24(25,26)23(28)27(22)18-9-11-19(12-10-18)31-15-16-6-4-3-5-7-16/h3-14,22H,15H2,1-2H3/t22-/m1/s1. The lowest BCUT2D eigenvalue weighted by Crippen LogP contribution is -2.64. The van der Waals surface area contributed by atoms with Crippen LogP contribution in [-0.4, -0.2) is 26.0 Å². The molecule has 1 heterocycles. The molecule has 0 aromatic heterocycles. The number of amides is 1. The molecule has 1 fully saturated rings. The number of carbonyl (C=O) groups excluding carboxylic acids is 1. The molecular weight excluding hydrogens is 404 g/mol. The fourth-order valence-electron chi connectivity index (χ4n) is 3.58. The lowest BCUT2D eigenvalue weighted by atomic mass is 9.88. The van der Waals surface area contributed by atoms with Gasteiger partial charge in [0.1, 0.15) is 18.4 Å². The third kappa shape index (κ3) is 3.79. The Morgan fingerprint density at radius 2 is 1.58 bits per heavy atom. The van der Waals surface area contributed by atoms with Gasteiger partial charge in [-0.15, -0.1) is 0 Å². The summed E-state index contributed by atoms with van der Waals surface area (Å²) in [7, 11) is 2.89. The molecule has 3 aromatic carbocycles. The second kappa shape index (κ2) is 8.26. The van der Waals surface area contributed by atoms with Crippen LogP contribution >= 0.6 is 0 Å². The molecule has 0 bridgehead atoms. The maximum absolute atomic E-state index is 14.5. The summed E-state index contributed by atoms with van der Waals surface area (Å²) < 4.78 is 45.2. The van der Waals surface area contributed by atoms with Crippen LogP contribution in [0.2, 0.25) is 0 Å². The van der Waals surface area contributed by atoms with Crippen molar-refractivity contribution < 1.29 is 27.8 Å². The minimum atomic E-state index is -3.51. The van der Waals surface area contributed by atoms with Crippen molar-refractivity contribution in [3.63, 3.8) is 0 Å². The van der Waals surface area contributed by atoms with Gasteiger partial charge in [0, 0.05) is 5.69 Å². The lowest BCUT2D eigenvalue weighted by Gasteiger charge is -2.46. The summed E-state index contributed by atoms with van der Waals surface area (Å²) in [6.45, 7) is 0.384. The molecule has 1 atom stereocenters. The molecule has 31 heavy (non-hydrogen) atoms. The van der Waals surface area contributed by atoms with Crippen LogP contribution in [0.1, 0.15) is 17.2 Å². The topological polar surface area (TPSA) is 48.0 Å². The fourth-order valence-corrected chi connectivity index (χ4v) is 3.58. The molecule has 4 rings (SSSR count). The first-order valence-electron chi connectivity index (χ1n) is 9.66. The zero-order valence-corrected chi connectivity index (χ0v) is 17.0. The summed E-state index contributed by atoms with van der Waals surface area (Å²) in [5.41, 5.74) is 1.63. The summed E-state index contributed by atoms with van der Waals surface area (Å²) in [6.07, 6.45) is 0. The third-order valence-corrected chi connectivity index (χ3v) is 5.19. The van der Waals surface area contributed by atoms with Gasteiger partial charge in [-0.25, -0.2) is 0 Å². The van der Waals surface area contributed by atoms with Crippen LogP contribution in [0.5, 0.6) is 17.2 Å². The largest absolute Gasteiger partial charge is 0.493 e. The van der Waals surface area contributed by atoms with Crippen LogP contribution in [-0.2, 0) is 11.4 Å². The minimum absolute atomic E-state index is 0.256. The molecule has 0 radical (unpaired) electrons. The van der Waals surface area contributed by atoms with Crippen LogP contribution in [0.3, 0.4) is 0 Å². The fraction of sp³-hybridized carbons (Fsp3) is 0.208. The highest BCUT2D eigenvalue weighted by Gasteiger charge is 2.64. The predicted molar refractivity (Wildman–Crippen MR) is 112 cm³/mol. The third-order valence-electron chi connectivity index (χ3n) is 5.19. The Labute approximate surface area is 178 Å². The average molecular weight is 425 g/mol. The first-order chi connectivity index (χ1) is 15.0. The van der Waals surface area contributed by atoms with Crippen LogP contribution in [0, 0.1) is 0 Å². The van der Waals surface area contributed by atoms with Crippen molar-refractivity contribution in [2.24, 2.45) is 0 Å². The number of nitrogens with zero attached hydrogens (tertiary/aromatic N) is 1. The molecule has 0 saturated carbocycles. The van der Waals surface area contributed by atoms with Crippen molar-refractivity contribution in [1.29, 1.82) is 0 Å². The number of methoxy groups -OCH3 is 2. The normalized spacial score (nSPS) is 17.1. The average Bonchev–Trinajstić information content (AvgIpc) is 2.81. The second-order valence-corrected chi connectivity index (χ2v) is 7.08. The molecule has 0 spiro atoms. The van der Waals surface area contributed by atoms with Crippen molar-refractivity contribution in [2.45, 2.75) is 18.6 Å². The number of rotatable bonds is 7. The SMILES string of the molecule is COc1ccc([C@H]2N(c3ccc(OCc4ccccc4)cc3)C(=O)C2(F)F)cc1OC. The van der Waals surface area contributed by atoms with E-state index in [4.69, 9.17) is 14.2 Å². The maximum atomic E-state index is 14.5. The van der Waals surface area contributed by atoms with E-state index in [1.165, 1.54) is 26.4 Å². The Kier molecular flexibility index (Phi) is 5.50. The van der Waals surface area contributed by atoms with Gasteiger partial charge in [-0.1, -0.05) is 36.4 Å². The summed E-state index contributed by atoms with van der Waals surface area (Å²) >= 11 is 0. The lowest BCUT2D eigenvalue weighted by molar-refractivity contribution is -0.162. The Balaban J connectivity index is 1.55. The molecule has 7 heteroatoms. The number of ether oxygens (including phenoxy) is 3. The van der Waals surface area contributed by atoms with Crippen molar-refractivity contribution >= 4 is 11.6 Å². The van der Waals surface area contributed by atoms with Crippen molar-refractivity contribution in [3.05, 3.63) is 83.9 Å². The van der Waals surface area contributed by atoms with Crippen LogP contribution in [0.4, 0.5) is 14.5 Å². The zero-order chi connectivity index (χ0) is 22.0. The number of hydrogen-bond acceptors (Lipinski definition) is 4. The molecule has 1 amide bonds. The summed E-state index contributed by atoms with van der Waals surface area (Å²) in [5, 5.41) is 0. The predicted octanol–water partition coefficient (Wildman–Crippen LogP) is 5.01. The Morgan fingerprint density at radius 3 is 2.23 bits per heavy atom. The maximum Gasteiger partial charge on any atom is 0.349 e. The Bertz CT molecular complexity index is 1070.